The summed E-state index contributed by atoms with van der Waals surface area (Å²) in [6, 6.07) is 4.13. The number of nitro groups is 1. The quantitative estimate of drug-likeness (QED) is 0.462. The zero-order valence-corrected chi connectivity index (χ0v) is 13.1. The van der Waals surface area contributed by atoms with Gasteiger partial charge in [-0.15, -0.1) is 10.2 Å². The van der Waals surface area contributed by atoms with E-state index < -0.39 is 10.8 Å². The van der Waals surface area contributed by atoms with Crippen LogP contribution < -0.4 is 5.73 Å². The van der Waals surface area contributed by atoms with Gasteiger partial charge in [-0.05, 0) is 12.3 Å². The van der Waals surface area contributed by atoms with Crippen LogP contribution in [0.2, 0.25) is 0 Å². The molecule has 0 aliphatic heterocycles. The largest absolute Gasteiger partial charge is 0.415 e. The molecule has 2 N–H and O–H groups in total. The molecule has 0 saturated heterocycles. The van der Waals surface area contributed by atoms with Crippen LogP contribution in [0.3, 0.4) is 0 Å². The fraction of sp³-hybridized carbons (Fsp3) is 0.250. The van der Waals surface area contributed by atoms with Gasteiger partial charge in [-0.2, -0.15) is 11.8 Å². The van der Waals surface area contributed by atoms with Gasteiger partial charge in [-0.3, -0.25) is 14.9 Å². The molecule has 22 heavy (non-hydrogen) atoms. The maximum absolute atomic E-state index is 11.1. The Labute approximate surface area is 134 Å². The number of aromatic nitrogens is 2. The zero-order valence-electron chi connectivity index (χ0n) is 11.5. The Morgan fingerprint density at radius 3 is 2.82 bits per heavy atom. The number of nitrogens with two attached hydrogens (primary N) is 1. The third-order valence-corrected chi connectivity index (χ3v) is 4.04. The number of hydrogen-bond acceptors (Lipinski definition) is 8. The van der Waals surface area contributed by atoms with Crippen LogP contribution in [0.1, 0.15) is 21.8 Å². The fourth-order valence-corrected chi connectivity index (χ4v) is 2.77. The van der Waals surface area contributed by atoms with E-state index in [-0.39, 0.29) is 17.0 Å². The van der Waals surface area contributed by atoms with E-state index in [0.29, 0.717) is 22.4 Å². The van der Waals surface area contributed by atoms with Gasteiger partial charge in [0.25, 0.3) is 10.9 Å². The van der Waals surface area contributed by atoms with Crippen molar-refractivity contribution in [1.82, 2.24) is 10.2 Å². The lowest BCUT2D eigenvalue weighted by molar-refractivity contribution is -0.385. The lowest BCUT2D eigenvalue weighted by Crippen LogP contribution is -2.11. The molecule has 0 aliphatic rings. The van der Waals surface area contributed by atoms with Crippen LogP contribution in [0, 0.1) is 10.1 Å². The Hall–Kier alpha value is -2.07. The van der Waals surface area contributed by atoms with Crippen molar-refractivity contribution in [3.8, 4) is 0 Å². The van der Waals surface area contributed by atoms with Crippen molar-refractivity contribution in [2.45, 2.75) is 16.7 Å². The number of carbonyl (C=O) groups excluding carboxylic acids is 1. The summed E-state index contributed by atoms with van der Waals surface area (Å²) in [7, 11) is 0. The van der Waals surface area contributed by atoms with Crippen molar-refractivity contribution in [1.29, 1.82) is 0 Å². The average molecular weight is 340 g/mol. The van der Waals surface area contributed by atoms with Gasteiger partial charge in [0.15, 0.2) is 0 Å². The Morgan fingerprint density at radius 1 is 1.41 bits per heavy atom. The summed E-state index contributed by atoms with van der Waals surface area (Å²) in [5.41, 5.74) is 5.51. The van der Waals surface area contributed by atoms with Crippen molar-refractivity contribution in [3.05, 3.63) is 45.3 Å². The molecule has 1 amide bonds. The highest BCUT2D eigenvalue weighted by molar-refractivity contribution is 7.98. The summed E-state index contributed by atoms with van der Waals surface area (Å²) in [6.45, 7) is 0. The van der Waals surface area contributed by atoms with Gasteiger partial charge >= 0.3 is 0 Å². The van der Waals surface area contributed by atoms with E-state index in [0.717, 1.165) is 0 Å². The molecule has 0 saturated carbocycles. The molecule has 2 rings (SSSR count). The minimum Gasteiger partial charge on any atom is -0.415 e. The van der Waals surface area contributed by atoms with E-state index >= 15 is 0 Å². The molecule has 0 atom stereocenters. The number of primary amides is 1. The Balaban J connectivity index is 2.14. The molecule has 0 fully saturated rings. The van der Waals surface area contributed by atoms with Gasteiger partial charge < -0.3 is 10.2 Å². The molecule has 0 bridgehead atoms. The Morgan fingerprint density at radius 2 is 2.18 bits per heavy atom. The molecule has 1 heterocycles. The predicted octanol–water partition coefficient (Wildman–Crippen LogP) is 2.23. The number of nitrogens with zero attached hydrogens (tertiary/aromatic N) is 3. The van der Waals surface area contributed by atoms with Crippen LogP contribution in [0.5, 0.6) is 0 Å². The topological polar surface area (TPSA) is 125 Å². The number of rotatable bonds is 7. The molecule has 10 heteroatoms. The first kappa shape index (κ1) is 16.3. The van der Waals surface area contributed by atoms with Gasteiger partial charge in [-0.1, -0.05) is 17.8 Å². The van der Waals surface area contributed by atoms with Crippen molar-refractivity contribution >= 4 is 35.1 Å². The van der Waals surface area contributed by atoms with Crippen molar-refractivity contribution < 1.29 is 14.1 Å². The van der Waals surface area contributed by atoms with Crippen LogP contribution in [0.25, 0.3) is 0 Å². The van der Waals surface area contributed by atoms with E-state index in [9.17, 15) is 14.9 Å². The molecule has 8 nitrogen and oxygen atoms in total. The molecule has 0 unspecified atom stereocenters. The SMILES string of the molecule is CSCc1nnc(SCc2ccc(C(N)=O)cc2[N+](=O)[O-])o1. The summed E-state index contributed by atoms with van der Waals surface area (Å²) >= 11 is 2.75. The number of hydrogen-bond donors (Lipinski definition) is 1. The predicted molar refractivity (Wildman–Crippen MR) is 82.7 cm³/mol. The fourth-order valence-electron chi connectivity index (χ4n) is 1.63. The van der Waals surface area contributed by atoms with Crippen LogP contribution in [-0.2, 0) is 11.5 Å². The second-order valence-electron chi connectivity index (χ2n) is 4.15. The zero-order chi connectivity index (χ0) is 16.1. The van der Waals surface area contributed by atoms with Gasteiger partial charge in [0.05, 0.1) is 10.7 Å². The van der Waals surface area contributed by atoms with Crippen LogP contribution in [-0.4, -0.2) is 27.3 Å². The standard InChI is InChI=1S/C12H12N4O4S2/c1-21-6-10-14-15-12(20-10)22-5-8-3-2-7(11(13)17)4-9(8)16(18)19/h2-4H,5-6H2,1H3,(H2,13,17). The van der Waals surface area contributed by atoms with Crippen LogP contribution in [0.15, 0.2) is 27.8 Å². The van der Waals surface area contributed by atoms with Gasteiger partial charge in [0, 0.05) is 22.9 Å². The summed E-state index contributed by atoms with van der Waals surface area (Å²) in [6.07, 6.45) is 1.92. The highest BCUT2D eigenvalue weighted by Gasteiger charge is 2.17. The summed E-state index contributed by atoms with van der Waals surface area (Å²) in [5, 5.41) is 19.2. The maximum atomic E-state index is 11.1. The van der Waals surface area contributed by atoms with Gasteiger partial charge in [-0.25, -0.2) is 0 Å². The maximum Gasteiger partial charge on any atom is 0.276 e. The number of nitro benzene ring substituents is 1. The van der Waals surface area contributed by atoms with E-state index in [4.69, 9.17) is 10.2 Å². The summed E-state index contributed by atoms with van der Waals surface area (Å²) in [5.74, 6) is 0.687. The lowest BCUT2D eigenvalue weighted by atomic mass is 10.1. The first-order valence-electron chi connectivity index (χ1n) is 6.02. The molecule has 0 spiro atoms. The van der Waals surface area contributed by atoms with E-state index in [1.165, 1.54) is 30.0 Å². The summed E-state index contributed by atoms with van der Waals surface area (Å²) < 4.78 is 5.38. The van der Waals surface area contributed by atoms with E-state index in [1.54, 1.807) is 11.8 Å². The number of amides is 1. The highest BCUT2D eigenvalue weighted by atomic mass is 32.2. The second-order valence-corrected chi connectivity index (χ2v) is 5.94. The average Bonchev–Trinajstić information content (AvgIpc) is 2.92. The van der Waals surface area contributed by atoms with Crippen molar-refractivity contribution in [2.24, 2.45) is 5.73 Å². The molecule has 116 valence electrons. The normalized spacial score (nSPS) is 10.6. The number of carbonyl (C=O) groups is 1. The van der Waals surface area contributed by atoms with Crippen molar-refractivity contribution in [2.75, 3.05) is 6.26 Å². The Bertz CT molecular complexity index is 704. The minimum absolute atomic E-state index is 0.0977. The number of benzene rings is 1. The van der Waals surface area contributed by atoms with E-state index in [1.807, 2.05) is 6.26 Å². The third kappa shape index (κ3) is 3.98. The molecule has 0 radical (unpaired) electrons. The van der Waals surface area contributed by atoms with E-state index in [2.05, 4.69) is 10.2 Å². The molecule has 0 aliphatic carbocycles. The smallest absolute Gasteiger partial charge is 0.276 e. The monoisotopic (exact) mass is 340 g/mol. The van der Waals surface area contributed by atoms with Crippen molar-refractivity contribution in [3.63, 3.8) is 0 Å². The van der Waals surface area contributed by atoms with Crippen LogP contribution in [0.4, 0.5) is 5.69 Å². The van der Waals surface area contributed by atoms with Crippen LogP contribution >= 0.6 is 23.5 Å². The lowest BCUT2D eigenvalue weighted by Gasteiger charge is -2.02. The first-order valence-corrected chi connectivity index (χ1v) is 8.40. The molecule has 1 aromatic carbocycles. The molecule has 1 aromatic heterocycles. The Kier molecular flexibility index (Phi) is 5.39. The van der Waals surface area contributed by atoms with Gasteiger partial charge in [0.2, 0.25) is 11.8 Å². The second kappa shape index (κ2) is 7.27. The summed E-state index contributed by atoms with van der Waals surface area (Å²) in [4.78, 5) is 21.6. The molecular formula is C12H12N4O4S2. The highest BCUT2D eigenvalue weighted by Crippen LogP contribution is 2.28. The minimum atomic E-state index is -0.707. The number of thioether (sulfide) groups is 2. The van der Waals surface area contributed by atoms with Gasteiger partial charge in [0.1, 0.15) is 0 Å². The first-order chi connectivity index (χ1) is 10.5. The molecular weight excluding hydrogens is 328 g/mol. The third-order valence-electron chi connectivity index (χ3n) is 2.63. The molecule has 2 aromatic rings.